The maximum atomic E-state index is 6.12. The predicted molar refractivity (Wildman–Crippen MR) is 148 cm³/mol. The van der Waals surface area contributed by atoms with Crippen molar-refractivity contribution in [3.8, 4) is 22.8 Å². The van der Waals surface area contributed by atoms with Gasteiger partial charge in [0.2, 0.25) is 0 Å². The smallest absolute Gasteiger partial charge is 0.161 e. The summed E-state index contributed by atoms with van der Waals surface area (Å²) in [6, 6.07) is 29.0. The van der Waals surface area contributed by atoms with Crippen LogP contribution in [0.4, 0.5) is 0 Å². The summed E-state index contributed by atoms with van der Waals surface area (Å²) in [4.78, 5) is 4.43. The molecule has 0 bridgehead atoms. The summed E-state index contributed by atoms with van der Waals surface area (Å²) in [7, 11) is 1.70. The fourth-order valence-corrected chi connectivity index (χ4v) is 4.28. The van der Waals surface area contributed by atoms with Crippen LogP contribution in [0.1, 0.15) is 42.1 Å². The van der Waals surface area contributed by atoms with Gasteiger partial charge < -0.3 is 14.8 Å². The minimum absolute atomic E-state index is 0.122. The van der Waals surface area contributed by atoms with Crippen molar-refractivity contribution in [2.75, 3.05) is 13.7 Å². The Kier molecular flexibility index (Phi) is 8.90. The van der Waals surface area contributed by atoms with E-state index in [-0.39, 0.29) is 6.04 Å². The third-order valence-corrected chi connectivity index (χ3v) is 6.11. The van der Waals surface area contributed by atoms with Gasteiger partial charge in [-0.05, 0) is 52.9 Å². The van der Waals surface area contributed by atoms with E-state index in [1.54, 1.807) is 7.11 Å². The maximum absolute atomic E-state index is 6.12. The monoisotopic (exact) mass is 478 g/mol. The van der Waals surface area contributed by atoms with Gasteiger partial charge in [-0.3, -0.25) is 4.98 Å². The highest BCUT2D eigenvalue weighted by atomic mass is 16.5. The van der Waals surface area contributed by atoms with Gasteiger partial charge in [-0.1, -0.05) is 86.7 Å². The molecule has 0 spiro atoms. The minimum atomic E-state index is 0.122. The van der Waals surface area contributed by atoms with Crippen LogP contribution in [0.5, 0.6) is 11.5 Å². The summed E-state index contributed by atoms with van der Waals surface area (Å²) in [5.74, 6) is 1.55. The summed E-state index contributed by atoms with van der Waals surface area (Å²) >= 11 is 0. The molecule has 0 radical (unpaired) electrons. The van der Waals surface area contributed by atoms with Crippen LogP contribution in [-0.2, 0) is 13.0 Å². The fraction of sp³-hybridized carbons (Fsp3) is 0.219. The minimum Gasteiger partial charge on any atom is -0.493 e. The summed E-state index contributed by atoms with van der Waals surface area (Å²) in [6.07, 6.45) is 7.17. The van der Waals surface area contributed by atoms with Gasteiger partial charge in [0, 0.05) is 18.3 Å². The highest BCUT2D eigenvalue weighted by Gasteiger charge is 2.21. The van der Waals surface area contributed by atoms with Crippen LogP contribution < -0.4 is 14.8 Å². The molecule has 0 fully saturated rings. The average molecular weight is 479 g/mol. The SMILES string of the molecule is CC.COc1cc2c(cc1OCc1ccccc1)CCNC2/C=C/c1ccc(-c2ccccn2)cc1. The molecule has 1 aliphatic rings. The first-order valence-electron chi connectivity index (χ1n) is 12.6. The second-order valence-electron chi connectivity index (χ2n) is 8.35. The van der Waals surface area contributed by atoms with Gasteiger partial charge in [0.15, 0.2) is 11.5 Å². The van der Waals surface area contributed by atoms with Crippen molar-refractivity contribution in [2.24, 2.45) is 0 Å². The Bertz CT molecular complexity index is 1250. The Morgan fingerprint density at radius 1 is 0.917 bits per heavy atom. The molecule has 184 valence electrons. The number of fused-ring (bicyclic) bond motifs is 1. The van der Waals surface area contributed by atoms with Gasteiger partial charge in [0.25, 0.3) is 0 Å². The molecule has 4 aromatic rings. The number of methoxy groups -OCH3 is 1. The summed E-state index contributed by atoms with van der Waals surface area (Å²) < 4.78 is 11.8. The summed E-state index contributed by atoms with van der Waals surface area (Å²) in [6.45, 7) is 5.44. The van der Waals surface area contributed by atoms with E-state index in [9.17, 15) is 0 Å². The number of hydrogen-bond donors (Lipinski definition) is 1. The molecule has 4 nitrogen and oxygen atoms in total. The Labute approximate surface area is 214 Å². The van der Waals surface area contributed by atoms with Crippen LogP contribution in [0.15, 0.2) is 97.2 Å². The molecule has 36 heavy (non-hydrogen) atoms. The van der Waals surface area contributed by atoms with Gasteiger partial charge in [-0.2, -0.15) is 0 Å². The molecule has 0 saturated carbocycles. The number of pyridine rings is 1. The lowest BCUT2D eigenvalue weighted by atomic mass is 9.93. The zero-order valence-electron chi connectivity index (χ0n) is 21.3. The van der Waals surface area contributed by atoms with Crippen LogP contribution in [0.3, 0.4) is 0 Å². The molecule has 1 aliphatic heterocycles. The molecule has 1 unspecified atom stereocenters. The lowest BCUT2D eigenvalue weighted by Gasteiger charge is -2.26. The molecule has 3 aromatic carbocycles. The molecule has 0 aliphatic carbocycles. The zero-order valence-corrected chi connectivity index (χ0v) is 21.3. The Morgan fingerprint density at radius 3 is 2.42 bits per heavy atom. The number of nitrogens with zero attached hydrogens (tertiary/aromatic N) is 1. The molecule has 0 amide bonds. The highest BCUT2D eigenvalue weighted by molar-refractivity contribution is 5.62. The van der Waals surface area contributed by atoms with Crippen molar-refractivity contribution >= 4 is 6.08 Å². The van der Waals surface area contributed by atoms with Gasteiger partial charge in [-0.25, -0.2) is 0 Å². The lowest BCUT2D eigenvalue weighted by Crippen LogP contribution is -2.28. The molecule has 0 saturated heterocycles. The van der Waals surface area contributed by atoms with Crippen molar-refractivity contribution in [3.05, 3.63) is 119 Å². The van der Waals surface area contributed by atoms with E-state index in [4.69, 9.17) is 9.47 Å². The third kappa shape index (κ3) is 6.21. The highest BCUT2D eigenvalue weighted by Crippen LogP contribution is 2.36. The van der Waals surface area contributed by atoms with Gasteiger partial charge in [0.1, 0.15) is 6.61 Å². The molecular formula is C32H34N2O2. The lowest BCUT2D eigenvalue weighted by molar-refractivity contribution is 0.283. The molecule has 4 heteroatoms. The van der Waals surface area contributed by atoms with Crippen molar-refractivity contribution in [1.29, 1.82) is 0 Å². The average Bonchev–Trinajstić information content (AvgIpc) is 2.96. The Hall–Kier alpha value is -3.89. The number of aromatic nitrogens is 1. The zero-order chi connectivity index (χ0) is 25.2. The number of ether oxygens (including phenoxy) is 2. The largest absolute Gasteiger partial charge is 0.493 e. The molecule has 1 N–H and O–H groups in total. The van der Waals surface area contributed by atoms with E-state index in [1.165, 1.54) is 11.1 Å². The first-order valence-corrected chi connectivity index (χ1v) is 12.6. The van der Waals surface area contributed by atoms with Crippen LogP contribution >= 0.6 is 0 Å². The standard InChI is InChI=1S/C30H28N2O2.C2H6/c1-33-29-20-26-25(19-30(29)34-21-23-7-3-2-4-8-23)16-18-32-28(26)15-12-22-10-13-24(14-11-22)27-9-5-6-17-31-27;1-2/h2-15,17,19-20,28,32H,16,18,21H2,1H3;1-2H3/b15-12+;. The molecule has 5 rings (SSSR count). The first-order chi connectivity index (χ1) is 17.8. The topological polar surface area (TPSA) is 43.4 Å². The second kappa shape index (κ2) is 12.7. The van der Waals surface area contributed by atoms with Crippen LogP contribution in [-0.4, -0.2) is 18.6 Å². The summed E-state index contributed by atoms with van der Waals surface area (Å²) in [5, 5.41) is 3.62. The van der Waals surface area contributed by atoms with E-state index >= 15 is 0 Å². The van der Waals surface area contributed by atoms with Crippen molar-refractivity contribution in [3.63, 3.8) is 0 Å². The van der Waals surface area contributed by atoms with Crippen molar-refractivity contribution in [2.45, 2.75) is 32.9 Å². The van der Waals surface area contributed by atoms with Crippen LogP contribution in [0.25, 0.3) is 17.3 Å². The second-order valence-corrected chi connectivity index (χ2v) is 8.35. The Balaban J connectivity index is 0.00000148. The van der Waals surface area contributed by atoms with E-state index in [0.717, 1.165) is 46.8 Å². The predicted octanol–water partition coefficient (Wildman–Crippen LogP) is 7.26. The van der Waals surface area contributed by atoms with Gasteiger partial charge in [0.05, 0.1) is 18.8 Å². The van der Waals surface area contributed by atoms with Crippen molar-refractivity contribution in [1.82, 2.24) is 10.3 Å². The quantitative estimate of drug-likeness (QED) is 0.303. The number of hydrogen-bond acceptors (Lipinski definition) is 4. The van der Waals surface area contributed by atoms with Gasteiger partial charge >= 0.3 is 0 Å². The van der Waals surface area contributed by atoms with E-state index in [0.29, 0.717) is 6.61 Å². The first kappa shape index (κ1) is 25.2. The number of nitrogens with one attached hydrogen (secondary N) is 1. The number of rotatable bonds is 7. The normalized spacial score (nSPS) is 14.5. The third-order valence-electron chi connectivity index (χ3n) is 6.11. The van der Waals surface area contributed by atoms with Crippen LogP contribution in [0.2, 0.25) is 0 Å². The van der Waals surface area contributed by atoms with Gasteiger partial charge in [-0.15, -0.1) is 0 Å². The molecule has 1 aromatic heterocycles. The maximum Gasteiger partial charge on any atom is 0.161 e. The Morgan fingerprint density at radius 2 is 1.69 bits per heavy atom. The summed E-state index contributed by atoms with van der Waals surface area (Å²) in [5.41, 5.74) is 6.92. The van der Waals surface area contributed by atoms with E-state index < -0.39 is 0 Å². The molecular weight excluding hydrogens is 444 g/mol. The van der Waals surface area contributed by atoms with E-state index in [2.05, 4.69) is 71.0 Å². The molecule has 1 atom stereocenters. The van der Waals surface area contributed by atoms with Crippen LogP contribution in [0, 0.1) is 0 Å². The van der Waals surface area contributed by atoms with E-state index in [1.807, 2.05) is 56.4 Å². The number of benzene rings is 3. The molecule has 2 heterocycles. The fourth-order valence-electron chi connectivity index (χ4n) is 4.28. The van der Waals surface area contributed by atoms with Crippen molar-refractivity contribution < 1.29 is 9.47 Å².